The van der Waals surface area contributed by atoms with Gasteiger partial charge in [-0.25, -0.2) is 4.98 Å². The van der Waals surface area contributed by atoms with Gasteiger partial charge in [-0.1, -0.05) is 19.3 Å². The topological polar surface area (TPSA) is 62.2 Å². The van der Waals surface area contributed by atoms with Gasteiger partial charge in [0.05, 0.1) is 17.7 Å². The summed E-state index contributed by atoms with van der Waals surface area (Å²) in [6.45, 7) is 0. The molecule has 0 radical (unpaired) electrons. The molecule has 1 heterocycles. The Morgan fingerprint density at radius 2 is 2.17 bits per heavy atom. The second kappa shape index (κ2) is 6.29. The van der Waals surface area contributed by atoms with Crippen molar-refractivity contribution >= 4 is 21.8 Å². The third-order valence-corrected chi connectivity index (χ3v) is 3.93. The van der Waals surface area contributed by atoms with Crippen molar-refractivity contribution in [3.63, 3.8) is 0 Å². The zero-order valence-corrected chi connectivity index (χ0v) is 11.7. The van der Waals surface area contributed by atoms with Crippen LogP contribution in [-0.2, 0) is 0 Å². The summed E-state index contributed by atoms with van der Waals surface area (Å²) in [5.74, 6) is -0.180. The minimum atomic E-state index is -0.438. The van der Waals surface area contributed by atoms with E-state index in [0.717, 1.165) is 32.1 Å². The van der Waals surface area contributed by atoms with E-state index < -0.39 is 6.10 Å². The summed E-state index contributed by atoms with van der Waals surface area (Å²) in [7, 11) is 0. The number of hydrogen-bond acceptors (Lipinski definition) is 3. The third kappa shape index (κ3) is 3.29. The number of aliphatic hydroxyl groups is 1. The largest absolute Gasteiger partial charge is 0.391 e. The molecule has 0 aromatic carbocycles. The fraction of sp³-hybridized carbons (Fsp3) is 0.538. The van der Waals surface area contributed by atoms with Crippen LogP contribution in [-0.4, -0.2) is 28.1 Å². The third-order valence-electron chi connectivity index (χ3n) is 3.30. The van der Waals surface area contributed by atoms with E-state index in [1.54, 1.807) is 18.3 Å². The fourth-order valence-electron chi connectivity index (χ4n) is 2.26. The Bertz CT molecular complexity index is 425. The summed E-state index contributed by atoms with van der Waals surface area (Å²) in [6.07, 6.45) is 6.00. The van der Waals surface area contributed by atoms with Gasteiger partial charge in [-0.15, -0.1) is 0 Å². The van der Waals surface area contributed by atoms with Gasteiger partial charge >= 0.3 is 0 Å². The summed E-state index contributed by atoms with van der Waals surface area (Å²) in [6, 6.07) is 3.30. The minimum absolute atomic E-state index is 0.146. The molecule has 1 saturated carbocycles. The number of halogens is 1. The van der Waals surface area contributed by atoms with Crippen LogP contribution in [0.5, 0.6) is 0 Å². The predicted molar refractivity (Wildman–Crippen MR) is 72.3 cm³/mol. The Kier molecular flexibility index (Phi) is 4.72. The van der Waals surface area contributed by atoms with Gasteiger partial charge in [0.15, 0.2) is 0 Å². The number of aliphatic hydroxyl groups excluding tert-OH is 1. The van der Waals surface area contributed by atoms with Crippen molar-refractivity contribution in [2.45, 2.75) is 44.2 Å². The Labute approximate surface area is 115 Å². The molecule has 2 unspecified atom stereocenters. The standard InChI is InChI=1S/C13H17BrN2O2/c14-12-9(5-4-8-15-12)13(18)16-10-6-2-1-3-7-11(10)17/h4-5,8,10-11,17H,1-3,6-7H2,(H,16,18). The molecule has 1 aliphatic carbocycles. The van der Waals surface area contributed by atoms with Crippen LogP contribution >= 0.6 is 15.9 Å². The predicted octanol–water partition coefficient (Wildman–Crippen LogP) is 2.27. The number of pyridine rings is 1. The number of nitrogens with one attached hydrogen (secondary N) is 1. The Morgan fingerprint density at radius 1 is 1.39 bits per heavy atom. The van der Waals surface area contributed by atoms with Crippen molar-refractivity contribution < 1.29 is 9.90 Å². The van der Waals surface area contributed by atoms with E-state index in [-0.39, 0.29) is 11.9 Å². The average molecular weight is 313 g/mol. The van der Waals surface area contributed by atoms with Crippen molar-refractivity contribution in [3.8, 4) is 0 Å². The molecule has 2 atom stereocenters. The van der Waals surface area contributed by atoms with Crippen molar-refractivity contribution in [1.82, 2.24) is 10.3 Å². The van der Waals surface area contributed by atoms with Crippen LogP contribution in [0.25, 0.3) is 0 Å². The van der Waals surface area contributed by atoms with E-state index in [1.807, 2.05) is 0 Å². The second-order valence-electron chi connectivity index (χ2n) is 4.63. The van der Waals surface area contributed by atoms with Gasteiger partial charge in [-0.2, -0.15) is 0 Å². The number of carbonyl (C=O) groups excluding carboxylic acids is 1. The highest BCUT2D eigenvalue weighted by Crippen LogP contribution is 2.19. The molecule has 1 fully saturated rings. The summed E-state index contributed by atoms with van der Waals surface area (Å²) >= 11 is 3.26. The molecule has 18 heavy (non-hydrogen) atoms. The van der Waals surface area contributed by atoms with Crippen molar-refractivity contribution in [1.29, 1.82) is 0 Å². The number of amides is 1. The molecule has 0 spiro atoms. The number of hydrogen-bond donors (Lipinski definition) is 2. The second-order valence-corrected chi connectivity index (χ2v) is 5.38. The monoisotopic (exact) mass is 312 g/mol. The highest BCUT2D eigenvalue weighted by atomic mass is 79.9. The summed E-state index contributed by atoms with van der Waals surface area (Å²) in [4.78, 5) is 16.1. The zero-order valence-electron chi connectivity index (χ0n) is 10.1. The molecule has 98 valence electrons. The van der Waals surface area contributed by atoms with E-state index >= 15 is 0 Å². The van der Waals surface area contributed by atoms with Crippen molar-refractivity contribution in [2.24, 2.45) is 0 Å². The summed E-state index contributed by atoms with van der Waals surface area (Å²) in [5.41, 5.74) is 0.508. The van der Waals surface area contributed by atoms with Crippen LogP contribution in [0.2, 0.25) is 0 Å². The van der Waals surface area contributed by atoms with Gasteiger partial charge in [0.2, 0.25) is 0 Å². The van der Waals surface area contributed by atoms with E-state index in [1.165, 1.54) is 0 Å². The molecule has 0 saturated heterocycles. The maximum Gasteiger partial charge on any atom is 0.254 e. The molecule has 1 aliphatic rings. The lowest BCUT2D eigenvalue weighted by Gasteiger charge is -2.21. The van der Waals surface area contributed by atoms with E-state index in [0.29, 0.717) is 10.2 Å². The smallest absolute Gasteiger partial charge is 0.254 e. The quantitative estimate of drug-likeness (QED) is 0.650. The van der Waals surface area contributed by atoms with Crippen molar-refractivity contribution in [2.75, 3.05) is 0 Å². The van der Waals surface area contributed by atoms with Crippen LogP contribution in [0.4, 0.5) is 0 Å². The van der Waals surface area contributed by atoms with Gasteiger partial charge in [-0.3, -0.25) is 4.79 Å². The van der Waals surface area contributed by atoms with Crippen LogP contribution < -0.4 is 5.32 Å². The lowest BCUT2D eigenvalue weighted by atomic mass is 10.1. The molecular weight excluding hydrogens is 296 g/mol. The molecule has 1 aromatic rings. The first-order chi connectivity index (χ1) is 8.68. The molecule has 5 heteroatoms. The Hall–Kier alpha value is -0.940. The lowest BCUT2D eigenvalue weighted by molar-refractivity contribution is 0.0817. The fourth-order valence-corrected chi connectivity index (χ4v) is 2.69. The highest BCUT2D eigenvalue weighted by molar-refractivity contribution is 9.10. The van der Waals surface area contributed by atoms with Gasteiger partial charge in [-0.05, 0) is 40.9 Å². The maximum absolute atomic E-state index is 12.1. The molecule has 0 bridgehead atoms. The minimum Gasteiger partial charge on any atom is -0.391 e. The molecule has 1 aromatic heterocycles. The van der Waals surface area contributed by atoms with Gasteiger partial charge < -0.3 is 10.4 Å². The molecule has 1 amide bonds. The van der Waals surface area contributed by atoms with Crippen LogP contribution in [0, 0.1) is 0 Å². The number of nitrogens with zero attached hydrogens (tertiary/aromatic N) is 1. The SMILES string of the molecule is O=C(NC1CCCCCC1O)c1cccnc1Br. The number of aromatic nitrogens is 1. The van der Waals surface area contributed by atoms with Gasteiger partial charge in [0, 0.05) is 6.20 Å². The Balaban J connectivity index is 2.04. The van der Waals surface area contributed by atoms with Crippen LogP contribution in [0.15, 0.2) is 22.9 Å². The molecule has 0 aliphatic heterocycles. The molecular formula is C13H17BrN2O2. The lowest BCUT2D eigenvalue weighted by Crippen LogP contribution is -2.42. The first-order valence-electron chi connectivity index (χ1n) is 6.28. The van der Waals surface area contributed by atoms with Crippen LogP contribution in [0.1, 0.15) is 42.5 Å². The van der Waals surface area contributed by atoms with Gasteiger partial charge in [0.1, 0.15) is 4.60 Å². The molecule has 2 rings (SSSR count). The van der Waals surface area contributed by atoms with E-state index in [2.05, 4.69) is 26.2 Å². The molecule has 4 nitrogen and oxygen atoms in total. The first kappa shape index (κ1) is 13.5. The Morgan fingerprint density at radius 3 is 2.94 bits per heavy atom. The number of carbonyl (C=O) groups is 1. The molecule has 2 N–H and O–H groups in total. The zero-order chi connectivity index (χ0) is 13.0. The summed E-state index contributed by atoms with van der Waals surface area (Å²) < 4.78 is 0.533. The average Bonchev–Trinajstić information content (AvgIpc) is 2.55. The van der Waals surface area contributed by atoms with Crippen molar-refractivity contribution in [3.05, 3.63) is 28.5 Å². The first-order valence-corrected chi connectivity index (χ1v) is 7.07. The van der Waals surface area contributed by atoms with E-state index in [4.69, 9.17) is 0 Å². The summed E-state index contributed by atoms with van der Waals surface area (Å²) in [5, 5.41) is 12.9. The maximum atomic E-state index is 12.1. The van der Waals surface area contributed by atoms with Gasteiger partial charge in [0.25, 0.3) is 5.91 Å². The highest BCUT2D eigenvalue weighted by Gasteiger charge is 2.24. The van der Waals surface area contributed by atoms with Crippen LogP contribution in [0.3, 0.4) is 0 Å². The normalized spacial score (nSPS) is 24.3. The van der Waals surface area contributed by atoms with E-state index in [9.17, 15) is 9.90 Å². The number of rotatable bonds is 2.